The fraction of sp³-hybridized carbons (Fsp3) is 0.105. The molecule has 0 aliphatic rings. The fourth-order valence-corrected chi connectivity index (χ4v) is 2.62. The van der Waals surface area contributed by atoms with Gasteiger partial charge in [0.25, 0.3) is 0 Å². The summed E-state index contributed by atoms with van der Waals surface area (Å²) >= 11 is 6.35. The lowest BCUT2D eigenvalue weighted by Crippen LogP contribution is -2.01. The molecule has 0 fully saturated rings. The number of aromatic nitrogens is 3. The molecule has 0 bridgehead atoms. The van der Waals surface area contributed by atoms with Crippen molar-refractivity contribution in [3.8, 4) is 5.69 Å². The van der Waals surface area contributed by atoms with Gasteiger partial charge >= 0.3 is 5.97 Å². The molecule has 0 saturated heterocycles. The number of carbonyl (C=O) groups is 1. The lowest BCUT2D eigenvalue weighted by Gasteiger charge is -2.02. The van der Waals surface area contributed by atoms with Gasteiger partial charge in [0, 0.05) is 17.8 Å². The predicted molar refractivity (Wildman–Crippen MR) is 96.3 cm³/mol. The van der Waals surface area contributed by atoms with Gasteiger partial charge < -0.3 is 4.74 Å². The monoisotopic (exact) mass is 371 g/mol. The first-order valence-corrected chi connectivity index (χ1v) is 8.18. The average molecular weight is 372 g/mol. The van der Waals surface area contributed by atoms with Crippen LogP contribution < -0.4 is 0 Å². The van der Waals surface area contributed by atoms with E-state index in [1.807, 2.05) is 6.07 Å². The van der Waals surface area contributed by atoms with E-state index >= 15 is 0 Å². The number of aryl methyl sites for hydroxylation is 1. The van der Waals surface area contributed by atoms with E-state index in [0.717, 1.165) is 0 Å². The molecule has 0 saturated carbocycles. The van der Waals surface area contributed by atoms with Crippen molar-refractivity contribution < 1.29 is 13.9 Å². The van der Waals surface area contributed by atoms with Crippen molar-refractivity contribution in [1.82, 2.24) is 14.8 Å². The predicted octanol–water partition coefficient (Wildman–Crippen LogP) is 4.12. The highest BCUT2D eigenvalue weighted by Gasteiger charge is 2.13. The van der Waals surface area contributed by atoms with Gasteiger partial charge in [-0.1, -0.05) is 17.7 Å². The Balaban J connectivity index is 1.72. The number of hydrogen-bond donors (Lipinski definition) is 0. The van der Waals surface area contributed by atoms with Gasteiger partial charge in [0.15, 0.2) is 0 Å². The van der Waals surface area contributed by atoms with Gasteiger partial charge in [0.2, 0.25) is 0 Å². The van der Waals surface area contributed by atoms with E-state index in [2.05, 4.69) is 10.1 Å². The van der Waals surface area contributed by atoms with Crippen molar-refractivity contribution >= 4 is 23.6 Å². The van der Waals surface area contributed by atoms with Crippen LogP contribution in [0.5, 0.6) is 0 Å². The molecule has 3 aromatic rings. The van der Waals surface area contributed by atoms with Gasteiger partial charge in [-0.05, 0) is 49.4 Å². The molecule has 1 aromatic carbocycles. The van der Waals surface area contributed by atoms with Crippen molar-refractivity contribution in [3.63, 3.8) is 0 Å². The topological polar surface area (TPSA) is 57.0 Å². The van der Waals surface area contributed by atoms with E-state index in [1.165, 1.54) is 22.9 Å². The molecule has 2 aromatic heterocycles. The van der Waals surface area contributed by atoms with Crippen LogP contribution in [0.2, 0.25) is 5.15 Å². The lowest BCUT2D eigenvalue weighted by molar-refractivity contribution is -0.139. The Morgan fingerprint density at radius 2 is 2.04 bits per heavy atom. The van der Waals surface area contributed by atoms with Crippen molar-refractivity contribution in [2.45, 2.75) is 13.5 Å². The van der Waals surface area contributed by atoms with Crippen LogP contribution in [0, 0.1) is 12.7 Å². The number of ether oxygens (including phenoxy) is 1. The second-order valence-electron chi connectivity index (χ2n) is 5.44. The van der Waals surface area contributed by atoms with E-state index in [1.54, 1.807) is 43.5 Å². The van der Waals surface area contributed by atoms with Crippen molar-refractivity contribution in [3.05, 3.63) is 82.7 Å². The third kappa shape index (κ3) is 4.15. The number of rotatable bonds is 5. The van der Waals surface area contributed by atoms with Crippen LogP contribution in [0.25, 0.3) is 11.8 Å². The summed E-state index contributed by atoms with van der Waals surface area (Å²) in [7, 11) is 0. The molecule has 0 N–H and O–H groups in total. The van der Waals surface area contributed by atoms with Crippen LogP contribution in [-0.2, 0) is 16.1 Å². The molecule has 0 atom stereocenters. The van der Waals surface area contributed by atoms with Gasteiger partial charge in [-0.15, -0.1) is 0 Å². The first kappa shape index (κ1) is 17.8. The van der Waals surface area contributed by atoms with Gasteiger partial charge in [-0.2, -0.15) is 5.10 Å². The molecule has 0 unspecified atom stereocenters. The maximum atomic E-state index is 13.1. The van der Waals surface area contributed by atoms with Crippen LogP contribution in [0.4, 0.5) is 4.39 Å². The van der Waals surface area contributed by atoms with Gasteiger partial charge in [0.1, 0.15) is 17.6 Å². The summed E-state index contributed by atoms with van der Waals surface area (Å²) in [6.07, 6.45) is 4.46. The first-order valence-electron chi connectivity index (χ1n) is 7.80. The molecule has 0 spiro atoms. The van der Waals surface area contributed by atoms with Crippen LogP contribution in [0.1, 0.15) is 17.0 Å². The molecule has 0 aliphatic carbocycles. The third-order valence-corrected chi connectivity index (χ3v) is 3.96. The summed E-state index contributed by atoms with van der Waals surface area (Å²) in [6.45, 7) is 1.86. The highest BCUT2D eigenvalue weighted by molar-refractivity contribution is 6.31. The minimum Gasteiger partial charge on any atom is -0.456 e. The Morgan fingerprint density at radius 1 is 1.27 bits per heavy atom. The third-order valence-electron chi connectivity index (χ3n) is 3.59. The molecule has 132 valence electrons. The second kappa shape index (κ2) is 7.93. The maximum Gasteiger partial charge on any atom is 0.331 e. The highest BCUT2D eigenvalue weighted by Crippen LogP contribution is 2.24. The lowest BCUT2D eigenvalue weighted by atomic mass is 10.2. The van der Waals surface area contributed by atoms with Gasteiger partial charge in [-0.3, -0.25) is 4.98 Å². The number of benzene rings is 1. The largest absolute Gasteiger partial charge is 0.456 e. The van der Waals surface area contributed by atoms with E-state index in [0.29, 0.717) is 27.8 Å². The second-order valence-corrected chi connectivity index (χ2v) is 5.80. The van der Waals surface area contributed by atoms with E-state index < -0.39 is 5.97 Å². The molecule has 3 rings (SSSR count). The highest BCUT2D eigenvalue weighted by atomic mass is 35.5. The molecule has 2 heterocycles. The Bertz CT molecular complexity index is 937. The molecular weight excluding hydrogens is 357 g/mol. The van der Waals surface area contributed by atoms with E-state index in [4.69, 9.17) is 16.3 Å². The zero-order chi connectivity index (χ0) is 18.5. The normalized spacial score (nSPS) is 11.0. The Labute approximate surface area is 154 Å². The van der Waals surface area contributed by atoms with Crippen molar-refractivity contribution in [2.75, 3.05) is 0 Å². The maximum absolute atomic E-state index is 13.1. The standard InChI is InChI=1S/C19H15ClFN3O2/c1-13-17(9-10-18(25)26-12-15-4-2-3-11-22-15)19(20)24(23-13)16-7-5-14(21)6-8-16/h2-11H,12H2,1H3/b10-9+. The fourth-order valence-electron chi connectivity index (χ4n) is 2.28. The average Bonchev–Trinajstić information content (AvgIpc) is 2.94. The number of halogens is 2. The van der Waals surface area contributed by atoms with Crippen LogP contribution in [0.15, 0.2) is 54.7 Å². The van der Waals surface area contributed by atoms with E-state index in [-0.39, 0.29) is 12.4 Å². The summed E-state index contributed by atoms with van der Waals surface area (Å²) in [5.74, 6) is -0.856. The summed E-state index contributed by atoms with van der Waals surface area (Å²) < 4.78 is 19.7. The van der Waals surface area contributed by atoms with Crippen LogP contribution in [0.3, 0.4) is 0 Å². The van der Waals surface area contributed by atoms with E-state index in [9.17, 15) is 9.18 Å². The molecular formula is C19H15ClFN3O2. The molecule has 26 heavy (non-hydrogen) atoms. The Hall–Kier alpha value is -2.99. The number of nitrogens with zero attached hydrogens (tertiary/aromatic N) is 3. The quantitative estimate of drug-likeness (QED) is 0.500. The molecule has 5 nitrogen and oxygen atoms in total. The molecule has 0 aliphatic heterocycles. The van der Waals surface area contributed by atoms with Crippen LogP contribution >= 0.6 is 11.6 Å². The molecule has 0 amide bonds. The summed E-state index contributed by atoms with van der Waals surface area (Å²) in [4.78, 5) is 16.0. The van der Waals surface area contributed by atoms with Crippen molar-refractivity contribution in [2.24, 2.45) is 0 Å². The zero-order valence-corrected chi connectivity index (χ0v) is 14.7. The SMILES string of the molecule is Cc1nn(-c2ccc(F)cc2)c(Cl)c1/C=C/C(=O)OCc1ccccn1. The molecule has 7 heteroatoms. The van der Waals surface area contributed by atoms with Gasteiger partial charge in [-0.25, -0.2) is 13.9 Å². The van der Waals surface area contributed by atoms with Gasteiger partial charge in [0.05, 0.1) is 17.1 Å². The summed E-state index contributed by atoms with van der Waals surface area (Å²) in [5.41, 5.74) is 2.50. The molecule has 0 radical (unpaired) electrons. The van der Waals surface area contributed by atoms with Crippen molar-refractivity contribution in [1.29, 1.82) is 0 Å². The number of carbonyl (C=O) groups excluding carboxylic acids is 1. The summed E-state index contributed by atoms with van der Waals surface area (Å²) in [6, 6.07) is 11.2. The number of pyridine rings is 1. The minimum absolute atomic E-state index is 0.0889. The Morgan fingerprint density at radius 3 is 2.73 bits per heavy atom. The minimum atomic E-state index is -0.513. The summed E-state index contributed by atoms with van der Waals surface area (Å²) in [5, 5.41) is 4.65. The number of hydrogen-bond acceptors (Lipinski definition) is 4. The van der Waals surface area contributed by atoms with Crippen LogP contribution in [-0.4, -0.2) is 20.7 Å². The zero-order valence-electron chi connectivity index (χ0n) is 13.9. The number of esters is 1. The Kier molecular flexibility index (Phi) is 5.43. The first-order chi connectivity index (χ1) is 12.5. The smallest absolute Gasteiger partial charge is 0.331 e.